The summed E-state index contributed by atoms with van der Waals surface area (Å²) in [4.78, 5) is 32.1. The van der Waals surface area contributed by atoms with Crippen molar-refractivity contribution in [1.29, 1.82) is 0 Å². The average molecular weight is 662 g/mol. The number of ether oxygens (including phenoxy) is 1. The van der Waals surface area contributed by atoms with Gasteiger partial charge < -0.3 is 25.0 Å². The molecule has 4 rings (SSSR count). The first kappa shape index (κ1) is 32.3. The zero-order valence-corrected chi connectivity index (χ0v) is 25.2. The van der Waals surface area contributed by atoms with E-state index in [4.69, 9.17) is 11.6 Å². The van der Waals surface area contributed by atoms with Crippen molar-refractivity contribution >= 4 is 55.7 Å². The molecular formula is C26H27ClF3N5O6S2. The Balaban J connectivity index is 1.59. The molecule has 0 aliphatic carbocycles. The number of sulfonamides is 1. The summed E-state index contributed by atoms with van der Waals surface area (Å²) < 4.78 is 69.8. The normalized spacial score (nSPS) is 16.1. The van der Waals surface area contributed by atoms with Gasteiger partial charge in [-0.1, -0.05) is 35.1 Å². The molecule has 1 atom stereocenters. The predicted octanol–water partition coefficient (Wildman–Crippen LogP) is 4.05. The average Bonchev–Trinajstić information content (AvgIpc) is 3.36. The molecule has 1 aromatic heterocycles. The molecule has 0 radical (unpaired) electrons. The second-order valence-electron chi connectivity index (χ2n) is 9.42. The first-order valence-corrected chi connectivity index (χ1v) is 15.4. The number of halogens is 4. The van der Waals surface area contributed by atoms with Gasteiger partial charge >= 0.3 is 12.3 Å². The van der Waals surface area contributed by atoms with Crippen LogP contribution < -0.4 is 19.9 Å². The Kier molecular flexibility index (Phi) is 9.73. The lowest BCUT2D eigenvalue weighted by Crippen LogP contribution is -2.60. The highest BCUT2D eigenvalue weighted by Crippen LogP contribution is 2.33. The fourth-order valence-electron chi connectivity index (χ4n) is 4.31. The summed E-state index contributed by atoms with van der Waals surface area (Å²) in [6, 6.07) is 9.82. The molecule has 0 saturated carbocycles. The van der Waals surface area contributed by atoms with Crippen molar-refractivity contribution in [3.05, 3.63) is 64.1 Å². The SMILES string of the molecule is CCN(C)c1ccc(CNC(=O)C2CN(c3nc(Cl)c(C(=O)O)s3)CCN2S(=O)(=O)c2ccc(OC(F)(F)F)cc2)cc1. The molecule has 1 fully saturated rings. The number of nitrogens with zero attached hydrogens (tertiary/aromatic N) is 4. The molecule has 1 saturated heterocycles. The van der Waals surface area contributed by atoms with Crippen LogP contribution in [0.2, 0.25) is 5.15 Å². The molecule has 1 aliphatic heterocycles. The van der Waals surface area contributed by atoms with Gasteiger partial charge in [0, 0.05) is 45.5 Å². The highest BCUT2D eigenvalue weighted by Gasteiger charge is 2.41. The number of hydrogen-bond donors (Lipinski definition) is 2. The number of carbonyl (C=O) groups excluding carboxylic acids is 1. The molecule has 1 unspecified atom stereocenters. The third-order valence-electron chi connectivity index (χ3n) is 6.66. The van der Waals surface area contributed by atoms with Gasteiger partial charge in [0.2, 0.25) is 15.9 Å². The minimum absolute atomic E-state index is 0.0353. The van der Waals surface area contributed by atoms with E-state index in [9.17, 15) is 36.3 Å². The van der Waals surface area contributed by atoms with Gasteiger partial charge in [0.05, 0.1) is 4.90 Å². The Labute approximate surface area is 254 Å². The topological polar surface area (TPSA) is 132 Å². The van der Waals surface area contributed by atoms with E-state index in [1.54, 1.807) is 4.90 Å². The lowest BCUT2D eigenvalue weighted by Gasteiger charge is -2.39. The van der Waals surface area contributed by atoms with E-state index < -0.39 is 40.1 Å². The fraction of sp³-hybridized carbons (Fsp3) is 0.346. The van der Waals surface area contributed by atoms with Crippen LogP contribution >= 0.6 is 22.9 Å². The standard InChI is InChI=1S/C26H27ClF3N5O6S2/c1-3-33(2)17-6-4-16(5-7-17)14-31-23(36)20-15-34(25-32-22(27)21(42-25)24(37)38)12-13-35(20)43(39,40)19-10-8-18(9-11-19)41-26(28,29)30/h4-11,20H,3,12-15H2,1-2H3,(H,31,36)(H,37,38). The van der Waals surface area contributed by atoms with Crippen LogP contribution in [-0.4, -0.2) is 80.3 Å². The van der Waals surface area contributed by atoms with Crippen LogP contribution in [0, 0.1) is 0 Å². The molecule has 1 aliphatic rings. The number of benzene rings is 2. The van der Waals surface area contributed by atoms with Crippen LogP contribution in [0.5, 0.6) is 5.75 Å². The summed E-state index contributed by atoms with van der Waals surface area (Å²) in [5.74, 6) is -2.52. The van der Waals surface area contributed by atoms with Crippen LogP contribution in [0.25, 0.3) is 0 Å². The second kappa shape index (κ2) is 13.0. The number of piperazine rings is 1. The van der Waals surface area contributed by atoms with Crippen molar-refractivity contribution < 1.29 is 41.0 Å². The van der Waals surface area contributed by atoms with Gasteiger partial charge in [0.15, 0.2) is 15.2 Å². The number of hydrogen-bond acceptors (Lipinski definition) is 9. The Morgan fingerprint density at radius 2 is 1.81 bits per heavy atom. The first-order valence-electron chi connectivity index (χ1n) is 12.8. The number of carbonyl (C=O) groups is 2. The Hall–Kier alpha value is -3.60. The fourth-order valence-corrected chi connectivity index (χ4v) is 7.03. The van der Waals surface area contributed by atoms with Crippen molar-refractivity contribution in [2.45, 2.75) is 30.8 Å². The molecule has 1 amide bonds. The summed E-state index contributed by atoms with van der Waals surface area (Å²) in [5.41, 5.74) is 1.74. The maximum atomic E-state index is 13.6. The third-order valence-corrected chi connectivity index (χ3v) is 10.1. The number of carboxylic acids is 1. The van der Waals surface area contributed by atoms with Crippen molar-refractivity contribution in [1.82, 2.24) is 14.6 Å². The minimum atomic E-state index is -4.95. The molecule has 3 aromatic rings. The van der Waals surface area contributed by atoms with Crippen LogP contribution in [0.15, 0.2) is 53.4 Å². The zero-order chi connectivity index (χ0) is 31.5. The smallest absolute Gasteiger partial charge is 0.477 e. The largest absolute Gasteiger partial charge is 0.573 e. The number of alkyl halides is 3. The number of nitrogens with one attached hydrogen (secondary N) is 1. The Morgan fingerprint density at radius 3 is 2.37 bits per heavy atom. The van der Waals surface area contributed by atoms with Gasteiger partial charge in [-0.2, -0.15) is 4.31 Å². The van der Waals surface area contributed by atoms with E-state index in [1.807, 2.05) is 43.1 Å². The van der Waals surface area contributed by atoms with Crippen molar-refractivity contribution in [2.24, 2.45) is 0 Å². The lowest BCUT2D eigenvalue weighted by atomic mass is 10.1. The summed E-state index contributed by atoms with van der Waals surface area (Å²) in [5, 5.41) is 12.1. The number of amides is 1. The first-order chi connectivity index (χ1) is 20.2. The molecule has 2 aromatic carbocycles. The summed E-state index contributed by atoms with van der Waals surface area (Å²) in [6.07, 6.45) is -4.95. The van der Waals surface area contributed by atoms with Gasteiger partial charge in [-0.15, -0.1) is 13.2 Å². The molecule has 0 bridgehead atoms. The minimum Gasteiger partial charge on any atom is -0.477 e. The van der Waals surface area contributed by atoms with Crippen molar-refractivity contribution in [3.8, 4) is 5.75 Å². The number of aromatic nitrogens is 1. The van der Waals surface area contributed by atoms with E-state index in [0.717, 1.165) is 57.7 Å². The molecule has 232 valence electrons. The van der Waals surface area contributed by atoms with E-state index in [-0.39, 0.29) is 46.2 Å². The van der Waals surface area contributed by atoms with Crippen LogP contribution in [-0.2, 0) is 21.4 Å². The van der Waals surface area contributed by atoms with E-state index in [0.29, 0.717) is 0 Å². The maximum absolute atomic E-state index is 13.6. The summed E-state index contributed by atoms with van der Waals surface area (Å²) >= 11 is 6.76. The monoisotopic (exact) mass is 661 g/mol. The third kappa shape index (κ3) is 7.68. The second-order valence-corrected chi connectivity index (χ2v) is 12.6. The molecule has 0 spiro atoms. The van der Waals surface area contributed by atoms with E-state index in [1.165, 1.54) is 0 Å². The zero-order valence-electron chi connectivity index (χ0n) is 22.8. The van der Waals surface area contributed by atoms with E-state index in [2.05, 4.69) is 15.0 Å². The molecular weight excluding hydrogens is 635 g/mol. The summed E-state index contributed by atoms with van der Waals surface area (Å²) in [6.45, 7) is 2.54. The molecule has 43 heavy (non-hydrogen) atoms. The van der Waals surface area contributed by atoms with E-state index >= 15 is 0 Å². The number of carboxylic acid groups (broad SMARTS) is 1. The number of rotatable bonds is 10. The highest BCUT2D eigenvalue weighted by molar-refractivity contribution is 7.89. The van der Waals surface area contributed by atoms with Crippen molar-refractivity contribution in [3.63, 3.8) is 0 Å². The van der Waals surface area contributed by atoms with Gasteiger partial charge in [-0.25, -0.2) is 18.2 Å². The number of anilines is 2. The maximum Gasteiger partial charge on any atom is 0.573 e. The van der Waals surface area contributed by atoms with Gasteiger partial charge in [-0.3, -0.25) is 4.79 Å². The molecule has 11 nitrogen and oxygen atoms in total. The predicted molar refractivity (Wildman–Crippen MR) is 154 cm³/mol. The van der Waals surface area contributed by atoms with Crippen molar-refractivity contribution in [2.75, 3.05) is 43.0 Å². The van der Waals surface area contributed by atoms with Gasteiger partial charge in [0.25, 0.3) is 0 Å². The molecule has 17 heteroatoms. The quantitative estimate of drug-likeness (QED) is 0.330. The van der Waals surface area contributed by atoms with Crippen LogP contribution in [0.4, 0.5) is 24.0 Å². The van der Waals surface area contributed by atoms with Gasteiger partial charge in [0.1, 0.15) is 11.8 Å². The number of aromatic carboxylic acids is 1. The van der Waals surface area contributed by atoms with Crippen LogP contribution in [0.1, 0.15) is 22.2 Å². The van der Waals surface area contributed by atoms with Crippen LogP contribution in [0.3, 0.4) is 0 Å². The van der Waals surface area contributed by atoms with Gasteiger partial charge in [-0.05, 0) is 48.9 Å². The lowest BCUT2D eigenvalue weighted by molar-refractivity contribution is -0.274. The highest BCUT2D eigenvalue weighted by atomic mass is 35.5. The number of thiazole rings is 1. The Morgan fingerprint density at radius 1 is 1.16 bits per heavy atom. The molecule has 2 heterocycles. The molecule has 2 N–H and O–H groups in total. The Bertz CT molecular complexity index is 1570. The summed E-state index contributed by atoms with van der Waals surface area (Å²) in [7, 11) is -2.44.